The Kier molecular flexibility index (Phi) is 5.79. The van der Waals surface area contributed by atoms with Crippen LogP contribution in [0.3, 0.4) is 0 Å². The monoisotopic (exact) mass is 349 g/mol. The van der Waals surface area contributed by atoms with E-state index in [9.17, 15) is 9.59 Å². The van der Waals surface area contributed by atoms with Gasteiger partial charge in [-0.05, 0) is 36.6 Å². The molecular formula is C21H23N3O2. The molecule has 1 aromatic carbocycles. The van der Waals surface area contributed by atoms with Crippen LogP contribution in [0.1, 0.15) is 42.8 Å². The summed E-state index contributed by atoms with van der Waals surface area (Å²) in [6.07, 6.45) is 5.35. The van der Waals surface area contributed by atoms with Crippen molar-refractivity contribution >= 4 is 17.9 Å². The Morgan fingerprint density at radius 2 is 2.00 bits per heavy atom. The number of benzene rings is 1. The molecule has 1 aromatic heterocycles. The molecule has 3 rings (SSSR count). The number of aromatic nitrogens is 1. The first kappa shape index (κ1) is 17.9. The van der Waals surface area contributed by atoms with Gasteiger partial charge in [-0.25, -0.2) is 0 Å². The van der Waals surface area contributed by atoms with Crippen molar-refractivity contribution in [3.8, 4) is 0 Å². The van der Waals surface area contributed by atoms with Crippen molar-refractivity contribution in [1.29, 1.82) is 0 Å². The van der Waals surface area contributed by atoms with Crippen molar-refractivity contribution in [2.45, 2.75) is 32.4 Å². The van der Waals surface area contributed by atoms with Crippen LogP contribution in [0.2, 0.25) is 0 Å². The number of nitrogens with zero attached hydrogens (tertiary/aromatic N) is 2. The highest BCUT2D eigenvalue weighted by atomic mass is 16.2. The van der Waals surface area contributed by atoms with E-state index in [2.05, 4.69) is 10.3 Å². The number of pyridine rings is 1. The number of carbonyl (C=O) groups is 2. The van der Waals surface area contributed by atoms with Crippen LogP contribution in [0.25, 0.3) is 6.08 Å². The Morgan fingerprint density at radius 1 is 1.19 bits per heavy atom. The fourth-order valence-corrected chi connectivity index (χ4v) is 3.16. The number of carbonyl (C=O) groups excluding carboxylic acids is 2. The first-order chi connectivity index (χ1) is 12.6. The average molecular weight is 349 g/mol. The number of likely N-dealkylation sites (tertiary alicyclic amines) is 1. The molecule has 1 saturated heterocycles. The van der Waals surface area contributed by atoms with Crippen molar-refractivity contribution < 1.29 is 9.59 Å². The number of amides is 2. The third-order valence-corrected chi connectivity index (χ3v) is 4.44. The second kappa shape index (κ2) is 8.43. The molecule has 0 radical (unpaired) electrons. The van der Waals surface area contributed by atoms with Gasteiger partial charge in [-0.2, -0.15) is 0 Å². The minimum absolute atomic E-state index is 0.00502. The molecule has 1 aliphatic heterocycles. The van der Waals surface area contributed by atoms with Crippen LogP contribution in [0.15, 0.2) is 54.6 Å². The van der Waals surface area contributed by atoms with Crippen LogP contribution < -0.4 is 5.32 Å². The Labute approximate surface area is 153 Å². The van der Waals surface area contributed by atoms with Gasteiger partial charge in [0, 0.05) is 19.5 Å². The molecule has 5 heteroatoms. The predicted molar refractivity (Wildman–Crippen MR) is 101 cm³/mol. The molecule has 1 aliphatic rings. The minimum atomic E-state index is -0.0825. The number of hydrogen-bond acceptors (Lipinski definition) is 3. The van der Waals surface area contributed by atoms with Crippen molar-refractivity contribution in [2.75, 3.05) is 6.54 Å². The number of rotatable bonds is 5. The lowest BCUT2D eigenvalue weighted by atomic mass is 10.1. The van der Waals surface area contributed by atoms with Gasteiger partial charge in [-0.1, -0.05) is 36.4 Å². The fourth-order valence-electron chi connectivity index (χ4n) is 3.16. The van der Waals surface area contributed by atoms with E-state index in [-0.39, 0.29) is 17.9 Å². The van der Waals surface area contributed by atoms with Gasteiger partial charge >= 0.3 is 0 Å². The topological polar surface area (TPSA) is 62.3 Å². The van der Waals surface area contributed by atoms with Crippen molar-refractivity contribution in [3.63, 3.8) is 0 Å². The van der Waals surface area contributed by atoms with E-state index in [1.165, 1.54) is 6.92 Å². The largest absolute Gasteiger partial charge is 0.351 e. The molecule has 1 fully saturated rings. The normalized spacial score (nSPS) is 16.8. The van der Waals surface area contributed by atoms with Gasteiger partial charge in [0.2, 0.25) is 11.8 Å². The molecule has 0 spiro atoms. The lowest BCUT2D eigenvalue weighted by molar-refractivity contribution is -0.127. The first-order valence-electron chi connectivity index (χ1n) is 8.87. The summed E-state index contributed by atoms with van der Waals surface area (Å²) < 4.78 is 0. The number of hydrogen-bond donors (Lipinski definition) is 1. The SMILES string of the molecule is CC(=O)NCc1cccc(C2CCCN2C(=O)/C=C/c2ccccc2)n1. The predicted octanol–water partition coefficient (Wildman–Crippen LogP) is 3.09. The van der Waals surface area contributed by atoms with Gasteiger partial charge in [0.05, 0.1) is 24.0 Å². The third-order valence-electron chi connectivity index (χ3n) is 4.44. The summed E-state index contributed by atoms with van der Waals surface area (Å²) in [6, 6.07) is 15.6. The van der Waals surface area contributed by atoms with E-state index < -0.39 is 0 Å². The molecule has 134 valence electrons. The molecule has 1 atom stereocenters. The van der Waals surface area contributed by atoms with Gasteiger partial charge in [0.25, 0.3) is 0 Å². The average Bonchev–Trinajstić information content (AvgIpc) is 3.15. The summed E-state index contributed by atoms with van der Waals surface area (Å²) in [6.45, 7) is 2.62. The summed E-state index contributed by atoms with van der Waals surface area (Å²) in [5.41, 5.74) is 2.69. The highest BCUT2D eigenvalue weighted by Crippen LogP contribution is 2.31. The lowest BCUT2D eigenvalue weighted by Gasteiger charge is -2.23. The molecule has 2 aromatic rings. The lowest BCUT2D eigenvalue weighted by Crippen LogP contribution is -2.29. The van der Waals surface area contributed by atoms with E-state index >= 15 is 0 Å². The van der Waals surface area contributed by atoms with Crippen LogP contribution in [0.5, 0.6) is 0 Å². The van der Waals surface area contributed by atoms with Gasteiger partial charge in [0.15, 0.2) is 0 Å². The summed E-state index contributed by atoms with van der Waals surface area (Å²) in [7, 11) is 0. The highest BCUT2D eigenvalue weighted by Gasteiger charge is 2.29. The van der Waals surface area contributed by atoms with Crippen LogP contribution in [0, 0.1) is 0 Å². The van der Waals surface area contributed by atoms with Gasteiger partial charge in [-0.3, -0.25) is 14.6 Å². The quantitative estimate of drug-likeness (QED) is 0.844. The molecule has 0 bridgehead atoms. The maximum atomic E-state index is 12.7. The highest BCUT2D eigenvalue weighted by molar-refractivity contribution is 5.92. The Balaban J connectivity index is 1.71. The van der Waals surface area contributed by atoms with Gasteiger partial charge in [-0.15, -0.1) is 0 Å². The summed E-state index contributed by atoms with van der Waals surface area (Å²) in [4.78, 5) is 30.3. The molecule has 0 aliphatic carbocycles. The fraction of sp³-hybridized carbons (Fsp3) is 0.286. The zero-order chi connectivity index (χ0) is 18.4. The molecule has 26 heavy (non-hydrogen) atoms. The Hall–Kier alpha value is -2.95. The summed E-state index contributed by atoms with van der Waals surface area (Å²) in [5.74, 6) is -0.0775. The van der Waals surface area contributed by atoms with E-state index in [1.54, 1.807) is 6.08 Å². The zero-order valence-corrected chi connectivity index (χ0v) is 14.9. The maximum Gasteiger partial charge on any atom is 0.247 e. The van der Waals surface area contributed by atoms with Crippen molar-refractivity contribution in [1.82, 2.24) is 15.2 Å². The summed E-state index contributed by atoms with van der Waals surface area (Å²) >= 11 is 0. The number of nitrogens with one attached hydrogen (secondary N) is 1. The standard InChI is InChI=1S/C21H23N3O2/c1-16(25)22-15-18-9-5-10-19(23-18)20-11-6-14-24(20)21(26)13-12-17-7-3-2-4-8-17/h2-5,7-10,12-13,20H,6,11,14-15H2,1H3,(H,22,25)/b13-12+. The van der Waals surface area contributed by atoms with Crippen molar-refractivity contribution in [3.05, 3.63) is 71.6 Å². The van der Waals surface area contributed by atoms with E-state index in [1.807, 2.05) is 59.5 Å². The van der Waals surface area contributed by atoms with Crippen LogP contribution >= 0.6 is 0 Å². The van der Waals surface area contributed by atoms with Crippen LogP contribution in [0.4, 0.5) is 0 Å². The summed E-state index contributed by atoms with van der Waals surface area (Å²) in [5, 5.41) is 2.76. The first-order valence-corrected chi connectivity index (χ1v) is 8.87. The molecule has 1 N–H and O–H groups in total. The van der Waals surface area contributed by atoms with E-state index in [0.717, 1.165) is 36.3 Å². The molecule has 2 amide bonds. The maximum absolute atomic E-state index is 12.7. The van der Waals surface area contributed by atoms with Crippen molar-refractivity contribution in [2.24, 2.45) is 0 Å². The van der Waals surface area contributed by atoms with Gasteiger partial charge in [0.1, 0.15) is 0 Å². The minimum Gasteiger partial charge on any atom is -0.351 e. The molecule has 2 heterocycles. The molecule has 1 unspecified atom stereocenters. The van der Waals surface area contributed by atoms with Crippen LogP contribution in [-0.2, 0) is 16.1 Å². The zero-order valence-electron chi connectivity index (χ0n) is 14.9. The Morgan fingerprint density at radius 3 is 2.77 bits per heavy atom. The molecular weight excluding hydrogens is 326 g/mol. The second-order valence-corrected chi connectivity index (χ2v) is 6.40. The van der Waals surface area contributed by atoms with Crippen LogP contribution in [-0.4, -0.2) is 28.2 Å². The van der Waals surface area contributed by atoms with E-state index in [0.29, 0.717) is 6.54 Å². The van der Waals surface area contributed by atoms with Gasteiger partial charge < -0.3 is 10.2 Å². The Bertz CT molecular complexity index is 802. The molecule has 0 saturated carbocycles. The molecule has 5 nitrogen and oxygen atoms in total. The van der Waals surface area contributed by atoms with E-state index in [4.69, 9.17) is 0 Å². The smallest absolute Gasteiger partial charge is 0.247 e. The second-order valence-electron chi connectivity index (χ2n) is 6.40. The third kappa shape index (κ3) is 4.57.